The van der Waals surface area contributed by atoms with Crippen LogP contribution in [0.4, 0.5) is 8.78 Å². The lowest BCUT2D eigenvalue weighted by Crippen LogP contribution is -2.41. The molecule has 1 heterocycles. The standard InChI is InChI=1S/C9H14F2N4O/c1-2-6-3-7(15-14-6)8(16)13-5-9(10,11)4-12/h3H,2,4-5,12H2,1H3,(H,13,16)(H,14,15). The molecular formula is C9H14F2N4O. The fourth-order valence-electron chi connectivity index (χ4n) is 1.03. The van der Waals surface area contributed by atoms with Crippen LogP contribution in [0.15, 0.2) is 6.07 Å². The summed E-state index contributed by atoms with van der Waals surface area (Å²) >= 11 is 0. The molecule has 1 aromatic rings. The van der Waals surface area contributed by atoms with Crippen molar-refractivity contribution in [1.29, 1.82) is 0 Å². The number of H-pyrrole nitrogens is 1. The first-order valence-electron chi connectivity index (χ1n) is 4.89. The van der Waals surface area contributed by atoms with Gasteiger partial charge in [0.15, 0.2) is 0 Å². The highest BCUT2D eigenvalue weighted by Gasteiger charge is 2.27. The number of rotatable bonds is 5. The van der Waals surface area contributed by atoms with Gasteiger partial charge in [-0.2, -0.15) is 5.10 Å². The molecule has 0 saturated carbocycles. The van der Waals surface area contributed by atoms with Gasteiger partial charge in [-0.05, 0) is 12.5 Å². The lowest BCUT2D eigenvalue weighted by atomic mass is 10.3. The highest BCUT2D eigenvalue weighted by molar-refractivity contribution is 5.92. The third-order valence-corrected chi connectivity index (χ3v) is 2.05. The Bertz CT molecular complexity index is 364. The molecule has 0 spiro atoms. The van der Waals surface area contributed by atoms with Gasteiger partial charge in [-0.15, -0.1) is 0 Å². The van der Waals surface area contributed by atoms with E-state index in [4.69, 9.17) is 5.73 Å². The van der Waals surface area contributed by atoms with Gasteiger partial charge in [0.05, 0.1) is 13.1 Å². The molecule has 0 aliphatic carbocycles. The van der Waals surface area contributed by atoms with Crippen molar-refractivity contribution in [2.24, 2.45) is 5.73 Å². The Balaban J connectivity index is 2.53. The molecule has 0 unspecified atom stereocenters. The van der Waals surface area contributed by atoms with E-state index in [1.807, 2.05) is 6.92 Å². The van der Waals surface area contributed by atoms with Crippen LogP contribution >= 0.6 is 0 Å². The zero-order valence-corrected chi connectivity index (χ0v) is 8.89. The number of aryl methyl sites for hydroxylation is 1. The smallest absolute Gasteiger partial charge is 0.277 e. The number of hydrogen-bond donors (Lipinski definition) is 3. The van der Waals surface area contributed by atoms with Gasteiger partial charge in [0.2, 0.25) is 0 Å². The van der Waals surface area contributed by atoms with Crippen molar-refractivity contribution in [1.82, 2.24) is 15.5 Å². The van der Waals surface area contributed by atoms with Crippen LogP contribution in [0.5, 0.6) is 0 Å². The minimum atomic E-state index is -3.08. The molecule has 1 amide bonds. The lowest BCUT2D eigenvalue weighted by molar-refractivity contribution is 0.0118. The predicted molar refractivity (Wildman–Crippen MR) is 54.3 cm³/mol. The lowest BCUT2D eigenvalue weighted by Gasteiger charge is -2.13. The summed E-state index contributed by atoms with van der Waals surface area (Å²) in [5.41, 5.74) is 5.71. The van der Waals surface area contributed by atoms with Gasteiger partial charge in [0, 0.05) is 5.69 Å². The van der Waals surface area contributed by atoms with Crippen LogP contribution in [0.2, 0.25) is 0 Å². The van der Waals surface area contributed by atoms with Crippen molar-refractivity contribution in [3.63, 3.8) is 0 Å². The first-order chi connectivity index (χ1) is 7.48. The third kappa shape index (κ3) is 3.27. The molecule has 0 aliphatic heterocycles. The van der Waals surface area contributed by atoms with Gasteiger partial charge >= 0.3 is 0 Å². The van der Waals surface area contributed by atoms with Crippen LogP contribution in [0.3, 0.4) is 0 Å². The summed E-state index contributed by atoms with van der Waals surface area (Å²) in [7, 11) is 0. The summed E-state index contributed by atoms with van der Waals surface area (Å²) in [6.45, 7) is 0.308. The SMILES string of the molecule is CCc1cc(C(=O)NCC(F)(F)CN)n[nH]1. The van der Waals surface area contributed by atoms with E-state index in [9.17, 15) is 13.6 Å². The largest absolute Gasteiger partial charge is 0.345 e. The van der Waals surface area contributed by atoms with Crippen molar-refractivity contribution in [2.45, 2.75) is 19.3 Å². The van der Waals surface area contributed by atoms with Crippen molar-refractivity contribution in [3.8, 4) is 0 Å². The van der Waals surface area contributed by atoms with Crippen molar-refractivity contribution in [3.05, 3.63) is 17.5 Å². The molecule has 0 fully saturated rings. The van der Waals surface area contributed by atoms with Gasteiger partial charge in [-0.3, -0.25) is 9.89 Å². The highest BCUT2D eigenvalue weighted by Crippen LogP contribution is 2.09. The zero-order chi connectivity index (χ0) is 12.2. The van der Waals surface area contributed by atoms with Crippen LogP contribution in [0.1, 0.15) is 23.1 Å². The molecule has 0 atom stereocenters. The number of halogens is 2. The minimum Gasteiger partial charge on any atom is -0.345 e. The highest BCUT2D eigenvalue weighted by atomic mass is 19.3. The Kier molecular flexibility index (Phi) is 3.94. The number of nitrogens with two attached hydrogens (primary N) is 1. The van der Waals surface area contributed by atoms with E-state index in [1.54, 1.807) is 0 Å². The van der Waals surface area contributed by atoms with E-state index in [-0.39, 0.29) is 5.69 Å². The van der Waals surface area contributed by atoms with Crippen LogP contribution in [0, 0.1) is 0 Å². The van der Waals surface area contributed by atoms with E-state index in [0.29, 0.717) is 6.42 Å². The second kappa shape index (κ2) is 5.02. The summed E-state index contributed by atoms with van der Waals surface area (Å²) < 4.78 is 25.5. The van der Waals surface area contributed by atoms with E-state index >= 15 is 0 Å². The van der Waals surface area contributed by atoms with Gasteiger partial charge in [-0.1, -0.05) is 6.92 Å². The Hall–Kier alpha value is -1.50. The predicted octanol–water partition coefficient (Wildman–Crippen LogP) is 0.296. The molecule has 1 rings (SSSR count). The Labute approximate surface area is 91.4 Å². The number of aromatic amines is 1. The summed E-state index contributed by atoms with van der Waals surface area (Å²) in [6, 6.07) is 1.52. The molecule has 16 heavy (non-hydrogen) atoms. The molecule has 0 radical (unpaired) electrons. The van der Waals surface area contributed by atoms with Gasteiger partial charge in [0.1, 0.15) is 5.69 Å². The second-order valence-electron chi connectivity index (χ2n) is 3.37. The minimum absolute atomic E-state index is 0.102. The topological polar surface area (TPSA) is 83.8 Å². The summed E-state index contributed by atoms with van der Waals surface area (Å²) in [6.07, 6.45) is 0.694. The number of nitrogens with zero attached hydrogens (tertiary/aromatic N) is 1. The summed E-state index contributed by atoms with van der Waals surface area (Å²) in [5, 5.41) is 8.40. The first kappa shape index (κ1) is 12.6. The number of carbonyl (C=O) groups excluding carboxylic acids is 1. The monoisotopic (exact) mass is 232 g/mol. The van der Waals surface area contributed by atoms with Crippen LogP contribution in [-0.2, 0) is 6.42 Å². The Morgan fingerprint density at radius 3 is 2.88 bits per heavy atom. The average molecular weight is 232 g/mol. The zero-order valence-electron chi connectivity index (χ0n) is 8.89. The molecule has 1 aromatic heterocycles. The molecule has 90 valence electrons. The third-order valence-electron chi connectivity index (χ3n) is 2.05. The maximum absolute atomic E-state index is 12.7. The average Bonchev–Trinajstić information content (AvgIpc) is 2.74. The van der Waals surface area contributed by atoms with Gasteiger partial charge < -0.3 is 11.1 Å². The maximum atomic E-state index is 12.7. The number of alkyl halides is 2. The fraction of sp³-hybridized carbons (Fsp3) is 0.556. The van der Waals surface area contributed by atoms with Gasteiger partial charge in [0.25, 0.3) is 11.8 Å². The molecule has 0 bridgehead atoms. The van der Waals surface area contributed by atoms with E-state index in [1.165, 1.54) is 6.07 Å². The number of amides is 1. The van der Waals surface area contributed by atoms with Crippen LogP contribution in [-0.4, -0.2) is 35.1 Å². The Morgan fingerprint density at radius 1 is 1.69 bits per heavy atom. The molecule has 0 aliphatic rings. The van der Waals surface area contributed by atoms with Crippen molar-refractivity contribution >= 4 is 5.91 Å². The molecule has 0 aromatic carbocycles. The van der Waals surface area contributed by atoms with Crippen LogP contribution < -0.4 is 11.1 Å². The number of hydrogen-bond acceptors (Lipinski definition) is 3. The normalized spacial score (nSPS) is 11.5. The first-order valence-corrected chi connectivity index (χ1v) is 4.89. The Morgan fingerprint density at radius 2 is 2.38 bits per heavy atom. The molecule has 4 N–H and O–H groups in total. The second-order valence-corrected chi connectivity index (χ2v) is 3.37. The van der Waals surface area contributed by atoms with Crippen molar-refractivity contribution < 1.29 is 13.6 Å². The van der Waals surface area contributed by atoms with Crippen LogP contribution in [0.25, 0.3) is 0 Å². The molecule has 0 saturated heterocycles. The number of aromatic nitrogens is 2. The number of carbonyl (C=O) groups is 1. The van der Waals surface area contributed by atoms with E-state index in [0.717, 1.165) is 5.69 Å². The van der Waals surface area contributed by atoms with E-state index in [2.05, 4.69) is 15.5 Å². The number of nitrogens with one attached hydrogen (secondary N) is 2. The maximum Gasteiger partial charge on any atom is 0.277 e. The van der Waals surface area contributed by atoms with E-state index < -0.39 is 24.9 Å². The van der Waals surface area contributed by atoms with Gasteiger partial charge in [-0.25, -0.2) is 8.78 Å². The summed E-state index contributed by atoms with van der Waals surface area (Å²) in [4.78, 5) is 11.4. The fourth-order valence-corrected chi connectivity index (χ4v) is 1.03. The molecular weight excluding hydrogens is 218 g/mol. The van der Waals surface area contributed by atoms with Crippen molar-refractivity contribution in [2.75, 3.05) is 13.1 Å². The quantitative estimate of drug-likeness (QED) is 0.682. The molecule has 5 nitrogen and oxygen atoms in total. The summed E-state index contributed by atoms with van der Waals surface area (Å²) in [5.74, 6) is -3.72. The molecule has 7 heteroatoms.